The van der Waals surface area contributed by atoms with Crippen molar-refractivity contribution >= 4 is 5.91 Å². The van der Waals surface area contributed by atoms with Crippen molar-refractivity contribution in [2.75, 3.05) is 0 Å². The molecule has 0 radical (unpaired) electrons. The Bertz CT molecular complexity index is 869. The quantitative estimate of drug-likeness (QED) is 0.931. The summed E-state index contributed by atoms with van der Waals surface area (Å²) in [7, 11) is 0. The van der Waals surface area contributed by atoms with Crippen molar-refractivity contribution in [1.29, 1.82) is 5.26 Å². The lowest BCUT2D eigenvalue weighted by Crippen LogP contribution is -2.36. The molecule has 2 aromatic rings. The zero-order valence-electron chi connectivity index (χ0n) is 14.4. The van der Waals surface area contributed by atoms with Gasteiger partial charge in [0.1, 0.15) is 5.75 Å². The van der Waals surface area contributed by atoms with Crippen LogP contribution in [-0.4, -0.2) is 16.7 Å². The molecule has 0 atom stereocenters. The molecule has 0 spiro atoms. The molecule has 1 N–H and O–H groups in total. The van der Waals surface area contributed by atoms with Crippen molar-refractivity contribution in [2.45, 2.75) is 39.7 Å². The molecule has 1 aromatic heterocycles. The zero-order valence-corrected chi connectivity index (χ0v) is 14.4. The summed E-state index contributed by atoms with van der Waals surface area (Å²) in [5.74, 6) is -0.224. The average molecular weight is 337 g/mol. The van der Waals surface area contributed by atoms with Crippen LogP contribution >= 0.6 is 0 Å². The van der Waals surface area contributed by atoms with E-state index in [9.17, 15) is 4.79 Å². The largest absolute Gasteiger partial charge is 0.461 e. The number of rotatable bonds is 3. The molecule has 0 saturated carbocycles. The Balaban J connectivity index is 1.78. The van der Waals surface area contributed by atoms with Crippen molar-refractivity contribution in [3.05, 3.63) is 58.4 Å². The Kier molecular flexibility index (Phi) is 4.43. The number of ether oxygens (including phenoxy) is 2. The highest BCUT2D eigenvalue weighted by atomic mass is 16.7. The molecule has 0 aliphatic carbocycles. The van der Waals surface area contributed by atoms with Crippen molar-refractivity contribution in [1.82, 2.24) is 10.3 Å². The Hall–Kier alpha value is -2.91. The minimum Gasteiger partial charge on any atom is -0.461 e. The Labute approximate surface area is 146 Å². The summed E-state index contributed by atoms with van der Waals surface area (Å²) >= 11 is 0. The van der Waals surface area contributed by atoms with Crippen molar-refractivity contribution < 1.29 is 14.3 Å². The van der Waals surface area contributed by atoms with Crippen LogP contribution in [0.15, 0.2) is 30.5 Å². The summed E-state index contributed by atoms with van der Waals surface area (Å²) in [6, 6.07) is 8.61. The van der Waals surface area contributed by atoms with Crippen molar-refractivity contribution in [2.24, 2.45) is 0 Å². The first-order valence-electron chi connectivity index (χ1n) is 7.98. The molecule has 1 aliphatic heterocycles. The topological polar surface area (TPSA) is 84.2 Å². The molecule has 2 heterocycles. The van der Waals surface area contributed by atoms with E-state index in [4.69, 9.17) is 14.7 Å². The summed E-state index contributed by atoms with van der Waals surface area (Å²) in [5, 5.41) is 11.8. The fourth-order valence-electron chi connectivity index (χ4n) is 2.65. The van der Waals surface area contributed by atoms with E-state index in [0.29, 0.717) is 24.3 Å². The van der Waals surface area contributed by atoms with Crippen LogP contribution in [0.3, 0.4) is 0 Å². The minimum absolute atomic E-state index is 0.246. The Morgan fingerprint density at radius 1 is 1.44 bits per heavy atom. The van der Waals surface area contributed by atoms with Gasteiger partial charge < -0.3 is 14.8 Å². The van der Waals surface area contributed by atoms with E-state index in [1.807, 2.05) is 26.8 Å². The predicted molar refractivity (Wildman–Crippen MR) is 90.8 cm³/mol. The third-order valence-corrected chi connectivity index (χ3v) is 4.01. The van der Waals surface area contributed by atoms with E-state index in [0.717, 1.165) is 22.6 Å². The summed E-state index contributed by atoms with van der Waals surface area (Å²) in [6.45, 7) is 6.30. The second kappa shape index (κ2) is 6.54. The molecule has 0 unspecified atom stereocenters. The first kappa shape index (κ1) is 16.9. The maximum atomic E-state index is 12.3. The van der Waals surface area contributed by atoms with Crippen LogP contribution in [0.25, 0.3) is 0 Å². The lowest BCUT2D eigenvalue weighted by molar-refractivity contribution is -0.180. The molecule has 0 saturated heterocycles. The highest BCUT2D eigenvalue weighted by Crippen LogP contribution is 2.35. The van der Waals surface area contributed by atoms with Gasteiger partial charge in [-0.2, -0.15) is 5.26 Å². The molecule has 1 amide bonds. The third-order valence-electron chi connectivity index (χ3n) is 4.01. The van der Waals surface area contributed by atoms with E-state index in [2.05, 4.69) is 10.3 Å². The van der Waals surface area contributed by atoms with E-state index >= 15 is 0 Å². The van der Waals surface area contributed by atoms with Crippen LogP contribution in [0.1, 0.15) is 46.6 Å². The molecule has 0 fully saturated rings. The molecule has 1 aliphatic rings. The van der Waals surface area contributed by atoms with Crippen molar-refractivity contribution in [3.8, 4) is 11.8 Å². The second-order valence-corrected chi connectivity index (χ2v) is 6.34. The van der Waals surface area contributed by atoms with Crippen molar-refractivity contribution in [3.63, 3.8) is 0 Å². The number of aryl methyl sites for hydroxylation is 1. The molecular formula is C19H19N3O3. The van der Waals surface area contributed by atoms with Gasteiger partial charge >= 0.3 is 0 Å². The lowest BCUT2D eigenvalue weighted by Gasteiger charge is -2.34. The van der Waals surface area contributed by atoms with Gasteiger partial charge in [-0.05, 0) is 30.7 Å². The van der Waals surface area contributed by atoms with Crippen LogP contribution in [0.5, 0.6) is 5.75 Å². The van der Waals surface area contributed by atoms with Crippen LogP contribution < -0.4 is 10.1 Å². The van der Waals surface area contributed by atoms with Crippen LogP contribution in [0, 0.1) is 18.3 Å². The highest BCUT2D eigenvalue weighted by molar-refractivity contribution is 5.94. The predicted octanol–water partition coefficient (Wildman–Crippen LogP) is 2.84. The molecular weight excluding hydrogens is 318 g/mol. The molecule has 6 nitrogen and oxygen atoms in total. The number of hydrogen-bond donors (Lipinski definition) is 1. The number of hydrogen-bond acceptors (Lipinski definition) is 5. The van der Waals surface area contributed by atoms with Gasteiger partial charge in [-0.15, -0.1) is 0 Å². The first-order valence-corrected chi connectivity index (χ1v) is 7.98. The standard InChI is InChI=1S/C19H19N3O3/c1-12-17-16(11-24-19(2,3)25-17)15(9-21-12)10-22-18(23)14-6-4-5-13(7-14)8-20/h4-7,9H,10-11H2,1-3H3,(H,22,23). The average Bonchev–Trinajstić information content (AvgIpc) is 2.60. The third kappa shape index (κ3) is 3.62. The molecule has 1 aromatic carbocycles. The highest BCUT2D eigenvalue weighted by Gasteiger charge is 2.30. The normalized spacial score (nSPS) is 14.8. The van der Waals surface area contributed by atoms with Gasteiger partial charge in [0.2, 0.25) is 5.79 Å². The number of benzene rings is 1. The Morgan fingerprint density at radius 3 is 3.00 bits per heavy atom. The van der Waals surface area contributed by atoms with Gasteiger partial charge in [-0.25, -0.2) is 0 Å². The number of nitrogens with one attached hydrogen (secondary N) is 1. The van der Waals surface area contributed by atoms with Crippen LogP contribution in [0.4, 0.5) is 0 Å². The molecule has 6 heteroatoms. The maximum Gasteiger partial charge on any atom is 0.251 e. The number of nitrogens with zero attached hydrogens (tertiary/aromatic N) is 2. The lowest BCUT2D eigenvalue weighted by atomic mass is 10.1. The second-order valence-electron chi connectivity index (χ2n) is 6.34. The van der Waals surface area contributed by atoms with Gasteiger partial charge in [-0.1, -0.05) is 6.07 Å². The number of fused-ring (bicyclic) bond motifs is 1. The fourth-order valence-corrected chi connectivity index (χ4v) is 2.65. The Morgan fingerprint density at radius 2 is 2.24 bits per heavy atom. The molecule has 3 rings (SSSR count). The number of carbonyl (C=O) groups is 1. The van der Waals surface area contributed by atoms with E-state index in [1.54, 1.807) is 30.5 Å². The molecule has 0 bridgehead atoms. The first-order chi connectivity index (χ1) is 11.9. The number of carbonyl (C=O) groups excluding carboxylic acids is 1. The van der Waals surface area contributed by atoms with Gasteiger partial charge in [0.05, 0.1) is 23.9 Å². The molecule has 128 valence electrons. The van der Waals surface area contributed by atoms with E-state index in [-0.39, 0.29) is 5.91 Å². The summed E-state index contributed by atoms with van der Waals surface area (Å²) in [5.41, 5.74) is 3.44. The SMILES string of the molecule is Cc1ncc(CNC(=O)c2cccc(C#N)c2)c2c1OC(C)(C)OC2. The minimum atomic E-state index is -0.695. The van der Waals surface area contributed by atoms with Gasteiger partial charge in [0.25, 0.3) is 5.91 Å². The summed E-state index contributed by atoms with van der Waals surface area (Å²) < 4.78 is 11.6. The van der Waals surface area contributed by atoms with Crippen LogP contribution in [0.2, 0.25) is 0 Å². The number of amides is 1. The summed E-state index contributed by atoms with van der Waals surface area (Å²) in [6.07, 6.45) is 1.73. The van der Waals surface area contributed by atoms with E-state index < -0.39 is 5.79 Å². The van der Waals surface area contributed by atoms with Gasteiger partial charge in [-0.3, -0.25) is 9.78 Å². The monoisotopic (exact) mass is 337 g/mol. The summed E-state index contributed by atoms with van der Waals surface area (Å²) in [4.78, 5) is 16.7. The smallest absolute Gasteiger partial charge is 0.251 e. The fraction of sp³-hybridized carbons (Fsp3) is 0.316. The van der Waals surface area contributed by atoms with Crippen LogP contribution in [-0.2, 0) is 17.9 Å². The zero-order chi connectivity index (χ0) is 18.0. The number of aromatic nitrogens is 1. The van der Waals surface area contributed by atoms with E-state index in [1.165, 1.54) is 0 Å². The van der Waals surface area contributed by atoms with Gasteiger partial charge in [0.15, 0.2) is 0 Å². The maximum absolute atomic E-state index is 12.3. The van der Waals surface area contributed by atoms with Gasteiger partial charge in [0, 0.05) is 37.7 Å². The number of nitriles is 1. The number of pyridine rings is 1. The molecule has 25 heavy (non-hydrogen) atoms.